The number of hydrogen-bond donors (Lipinski definition) is 1. The molecule has 1 unspecified atom stereocenters. The van der Waals surface area contributed by atoms with E-state index >= 15 is 0 Å². The third kappa shape index (κ3) is 3.90. The molecular weight excluding hydrogens is 370 g/mol. The summed E-state index contributed by atoms with van der Waals surface area (Å²) in [6, 6.07) is 5.65. The van der Waals surface area contributed by atoms with Crippen LogP contribution in [0.25, 0.3) is 0 Å². The Morgan fingerprint density at radius 1 is 1.30 bits per heavy atom. The number of anilines is 2. The lowest BCUT2D eigenvalue weighted by atomic mass is 10.2. The number of sulfone groups is 1. The van der Waals surface area contributed by atoms with Crippen LogP contribution >= 0.6 is 0 Å². The molecule has 1 saturated heterocycles. The summed E-state index contributed by atoms with van der Waals surface area (Å²) in [5.74, 6) is 2.85. The number of nitrogens with zero attached hydrogens (tertiary/aromatic N) is 4. The van der Waals surface area contributed by atoms with Gasteiger partial charge in [-0.2, -0.15) is 10.1 Å². The van der Waals surface area contributed by atoms with Crippen molar-refractivity contribution in [1.29, 1.82) is 0 Å². The molecule has 1 atom stereocenters. The van der Waals surface area contributed by atoms with Gasteiger partial charge in [0.1, 0.15) is 0 Å². The Balaban J connectivity index is 1.45. The molecule has 1 N–H and O–H groups in total. The number of fused-ring (bicyclic) bond motifs is 1. The third-order valence-electron chi connectivity index (χ3n) is 4.71. The van der Waals surface area contributed by atoms with Crippen LogP contribution in [0.5, 0.6) is 11.5 Å². The van der Waals surface area contributed by atoms with E-state index in [2.05, 4.69) is 20.5 Å². The Hall–Kier alpha value is -2.62. The predicted octanol–water partition coefficient (Wildman–Crippen LogP) is 1.23. The van der Waals surface area contributed by atoms with Crippen molar-refractivity contribution >= 4 is 21.6 Å². The number of ether oxygens (including phenoxy) is 2. The lowest BCUT2D eigenvalue weighted by Crippen LogP contribution is -2.37. The zero-order chi connectivity index (χ0) is 18.9. The predicted molar refractivity (Wildman–Crippen MR) is 99.8 cm³/mol. The van der Waals surface area contributed by atoms with Crippen molar-refractivity contribution in [2.24, 2.45) is 0 Å². The molecule has 4 rings (SSSR count). The van der Waals surface area contributed by atoms with E-state index < -0.39 is 9.84 Å². The highest BCUT2D eigenvalue weighted by Crippen LogP contribution is 2.32. The van der Waals surface area contributed by atoms with Gasteiger partial charge in [-0.1, -0.05) is 6.07 Å². The smallest absolute Gasteiger partial charge is 0.247 e. The molecule has 0 radical (unpaired) electrons. The lowest BCUT2D eigenvalue weighted by molar-refractivity contribution is 0.174. The van der Waals surface area contributed by atoms with Crippen molar-refractivity contribution in [3.05, 3.63) is 30.0 Å². The van der Waals surface area contributed by atoms with Crippen LogP contribution in [0.15, 0.2) is 24.4 Å². The summed E-state index contributed by atoms with van der Waals surface area (Å²) in [4.78, 5) is 6.42. The van der Waals surface area contributed by atoms with Crippen molar-refractivity contribution in [3.8, 4) is 11.5 Å². The molecule has 0 amide bonds. The second-order valence-corrected chi connectivity index (χ2v) is 8.75. The molecule has 1 fully saturated rings. The maximum absolute atomic E-state index is 11.8. The first-order valence-corrected chi connectivity index (χ1v) is 10.7. The zero-order valence-corrected chi connectivity index (χ0v) is 15.8. The maximum atomic E-state index is 11.8. The van der Waals surface area contributed by atoms with Gasteiger partial charge in [-0.15, -0.1) is 5.10 Å². The number of rotatable bonds is 6. The molecule has 2 aliphatic heterocycles. The second-order valence-electron chi connectivity index (χ2n) is 6.53. The molecule has 2 aliphatic rings. The van der Waals surface area contributed by atoms with E-state index in [1.807, 2.05) is 30.0 Å². The summed E-state index contributed by atoms with van der Waals surface area (Å²) in [5, 5.41) is 11.3. The van der Waals surface area contributed by atoms with E-state index in [4.69, 9.17) is 9.47 Å². The monoisotopic (exact) mass is 391 g/mol. The molecule has 0 bridgehead atoms. The van der Waals surface area contributed by atoms with Crippen LogP contribution in [0.4, 0.5) is 11.8 Å². The van der Waals surface area contributed by atoms with Gasteiger partial charge in [0.15, 0.2) is 27.2 Å². The number of aromatic nitrogens is 3. The van der Waals surface area contributed by atoms with E-state index in [-0.39, 0.29) is 24.3 Å². The summed E-state index contributed by atoms with van der Waals surface area (Å²) in [6.45, 7) is 3.36. The molecule has 0 aliphatic carbocycles. The fourth-order valence-electron chi connectivity index (χ4n) is 3.33. The van der Waals surface area contributed by atoms with Crippen molar-refractivity contribution in [1.82, 2.24) is 15.2 Å². The molecule has 144 valence electrons. The van der Waals surface area contributed by atoms with Crippen molar-refractivity contribution in [2.75, 3.05) is 35.1 Å². The zero-order valence-electron chi connectivity index (χ0n) is 15.0. The van der Waals surface area contributed by atoms with Gasteiger partial charge in [-0.25, -0.2) is 8.42 Å². The van der Waals surface area contributed by atoms with E-state index in [0.717, 1.165) is 17.1 Å². The van der Waals surface area contributed by atoms with Crippen LogP contribution < -0.4 is 19.7 Å². The van der Waals surface area contributed by atoms with Gasteiger partial charge in [-0.05, 0) is 31.0 Å². The average Bonchev–Trinajstić information content (AvgIpc) is 3.26. The van der Waals surface area contributed by atoms with Crippen LogP contribution in [-0.2, 0) is 16.4 Å². The van der Waals surface area contributed by atoms with Crippen molar-refractivity contribution < 1.29 is 17.9 Å². The Kier molecular flexibility index (Phi) is 4.73. The van der Waals surface area contributed by atoms with E-state index in [1.165, 1.54) is 0 Å². The topological polar surface area (TPSA) is 107 Å². The van der Waals surface area contributed by atoms with E-state index in [9.17, 15) is 8.42 Å². The van der Waals surface area contributed by atoms with Gasteiger partial charge >= 0.3 is 0 Å². The van der Waals surface area contributed by atoms with Crippen LogP contribution in [0.1, 0.15) is 18.9 Å². The first-order valence-electron chi connectivity index (χ1n) is 8.83. The normalized spacial score (nSPS) is 19.8. The first kappa shape index (κ1) is 17.8. The minimum absolute atomic E-state index is 0.106. The highest BCUT2D eigenvalue weighted by molar-refractivity contribution is 7.91. The summed E-state index contributed by atoms with van der Waals surface area (Å²) in [7, 11) is -2.98. The van der Waals surface area contributed by atoms with Crippen LogP contribution in [0.3, 0.4) is 0 Å². The number of hydrogen-bond acceptors (Lipinski definition) is 9. The quantitative estimate of drug-likeness (QED) is 0.778. The van der Waals surface area contributed by atoms with Gasteiger partial charge in [0.2, 0.25) is 12.7 Å². The van der Waals surface area contributed by atoms with Crippen LogP contribution in [0.2, 0.25) is 0 Å². The molecule has 9 nitrogen and oxygen atoms in total. The Morgan fingerprint density at radius 3 is 2.93 bits per heavy atom. The van der Waals surface area contributed by atoms with Gasteiger partial charge < -0.3 is 19.7 Å². The highest BCUT2D eigenvalue weighted by atomic mass is 32.2. The standard InChI is InChI=1S/C17H21N5O4S/c1-2-22(13-5-6-27(23,24)10-13)17-20-16(9-19-21-17)18-8-12-3-4-14-15(7-12)26-11-25-14/h3-4,7,9,13H,2,5-6,8,10-11H2,1H3,(H,18,20,21). The summed E-state index contributed by atoms with van der Waals surface area (Å²) < 4.78 is 34.3. The molecular formula is C17H21N5O4S. The minimum atomic E-state index is -2.98. The summed E-state index contributed by atoms with van der Waals surface area (Å²) in [6.07, 6.45) is 2.14. The molecule has 0 saturated carbocycles. The molecule has 27 heavy (non-hydrogen) atoms. The van der Waals surface area contributed by atoms with Gasteiger partial charge in [0.25, 0.3) is 0 Å². The van der Waals surface area contributed by atoms with Crippen molar-refractivity contribution in [3.63, 3.8) is 0 Å². The van der Waals surface area contributed by atoms with Gasteiger partial charge in [0.05, 0.1) is 17.7 Å². The van der Waals surface area contributed by atoms with Gasteiger partial charge in [-0.3, -0.25) is 0 Å². The molecule has 10 heteroatoms. The van der Waals surface area contributed by atoms with E-state index in [0.29, 0.717) is 31.3 Å². The van der Waals surface area contributed by atoms with Gasteiger partial charge in [0, 0.05) is 19.1 Å². The molecule has 0 spiro atoms. The Bertz CT molecular complexity index is 937. The highest BCUT2D eigenvalue weighted by Gasteiger charge is 2.33. The Morgan fingerprint density at radius 2 is 2.15 bits per heavy atom. The van der Waals surface area contributed by atoms with Crippen molar-refractivity contribution in [2.45, 2.75) is 25.9 Å². The SMILES string of the molecule is CCN(c1nncc(NCc2ccc3c(c2)OCO3)n1)C1CCS(=O)(=O)C1. The summed E-state index contributed by atoms with van der Waals surface area (Å²) in [5.41, 5.74) is 1.02. The molecule has 1 aromatic carbocycles. The Labute approximate surface area is 157 Å². The second kappa shape index (κ2) is 7.18. The van der Waals surface area contributed by atoms with E-state index in [1.54, 1.807) is 6.20 Å². The summed E-state index contributed by atoms with van der Waals surface area (Å²) >= 11 is 0. The fourth-order valence-corrected chi connectivity index (χ4v) is 5.06. The molecule has 2 aromatic rings. The number of benzene rings is 1. The minimum Gasteiger partial charge on any atom is -0.454 e. The maximum Gasteiger partial charge on any atom is 0.247 e. The number of nitrogens with one attached hydrogen (secondary N) is 1. The average molecular weight is 391 g/mol. The largest absolute Gasteiger partial charge is 0.454 e. The third-order valence-corrected chi connectivity index (χ3v) is 6.46. The molecule has 1 aromatic heterocycles. The van der Waals surface area contributed by atoms with Crippen LogP contribution in [0, 0.1) is 0 Å². The fraction of sp³-hybridized carbons (Fsp3) is 0.471. The van der Waals surface area contributed by atoms with Crippen LogP contribution in [-0.4, -0.2) is 54.5 Å². The molecule has 3 heterocycles. The lowest BCUT2D eigenvalue weighted by Gasteiger charge is -2.26. The first-order chi connectivity index (χ1) is 13.0.